The first kappa shape index (κ1) is 21.7. The largest absolute Gasteiger partial charge is 0.431 e. The summed E-state index contributed by atoms with van der Waals surface area (Å²) >= 11 is 0. The number of rotatable bonds is 5. The Morgan fingerprint density at radius 1 is 1.04 bits per heavy atom. The molecule has 0 radical (unpaired) electrons. The third-order valence-electron chi connectivity index (χ3n) is 4.16. The molecule has 0 aromatic carbocycles. The van der Waals surface area contributed by atoms with Crippen LogP contribution in [0.5, 0.6) is 0 Å². The van der Waals surface area contributed by atoms with Crippen LogP contribution in [0.15, 0.2) is 0 Å². The number of ketones is 1. The van der Waals surface area contributed by atoms with Gasteiger partial charge in [-0.05, 0) is 18.8 Å². The minimum Gasteiger partial charge on any atom is -0.300 e. The highest BCUT2D eigenvalue weighted by Gasteiger charge is 2.72. The fourth-order valence-electron chi connectivity index (χ4n) is 2.60. The molecule has 1 aliphatic carbocycles. The van der Waals surface area contributed by atoms with Gasteiger partial charge in [0.25, 0.3) is 5.67 Å². The Morgan fingerprint density at radius 2 is 1.48 bits per heavy atom. The number of carbonyl (C=O) groups is 1. The fourth-order valence-corrected chi connectivity index (χ4v) is 4.44. The van der Waals surface area contributed by atoms with Gasteiger partial charge in [-0.25, -0.2) is 12.8 Å². The van der Waals surface area contributed by atoms with Gasteiger partial charge in [-0.3, -0.25) is 4.79 Å². The second-order valence-corrected chi connectivity index (χ2v) is 8.08. The summed E-state index contributed by atoms with van der Waals surface area (Å²) in [5, 5.41) is 7.09. The van der Waals surface area contributed by atoms with Gasteiger partial charge in [0.15, 0.2) is 15.1 Å². The van der Waals surface area contributed by atoms with Crippen molar-refractivity contribution in [2.24, 2.45) is 5.92 Å². The van der Waals surface area contributed by atoms with Crippen molar-refractivity contribution in [3.8, 4) is 6.07 Å². The van der Waals surface area contributed by atoms with Crippen LogP contribution < -0.4 is 0 Å². The van der Waals surface area contributed by atoms with E-state index >= 15 is 0 Å². The predicted molar refractivity (Wildman–Crippen MR) is 70.7 cm³/mol. The molecular formula is C13H14F7NO3S. The molecule has 0 amide bonds. The predicted octanol–water partition coefficient (Wildman–Crippen LogP) is 3.28. The number of nitrogens with zero attached hydrogens (tertiary/aromatic N) is 1. The number of carbonyl (C=O) groups excluding carboxylic acids is 1. The van der Waals surface area contributed by atoms with E-state index < -0.39 is 51.2 Å². The minimum absolute atomic E-state index is 0.0183. The van der Waals surface area contributed by atoms with E-state index in [9.17, 15) is 43.9 Å². The van der Waals surface area contributed by atoms with Gasteiger partial charge in [-0.15, -0.1) is 0 Å². The average molecular weight is 397 g/mol. The van der Waals surface area contributed by atoms with Crippen molar-refractivity contribution in [3.63, 3.8) is 0 Å². The van der Waals surface area contributed by atoms with Crippen molar-refractivity contribution in [2.45, 2.75) is 55.4 Å². The van der Waals surface area contributed by atoms with Crippen molar-refractivity contribution in [3.05, 3.63) is 0 Å². The van der Waals surface area contributed by atoms with Gasteiger partial charge in [-0.2, -0.15) is 31.6 Å². The first-order valence-electron chi connectivity index (χ1n) is 7.11. The second-order valence-electron chi connectivity index (χ2n) is 5.84. The van der Waals surface area contributed by atoms with Crippen molar-refractivity contribution < 1.29 is 43.9 Å². The number of nitriles is 1. The molecule has 1 saturated carbocycles. The summed E-state index contributed by atoms with van der Waals surface area (Å²) in [5.74, 6) is -2.86. The summed E-state index contributed by atoms with van der Waals surface area (Å²) in [5.41, 5.74) is -5.68. The van der Waals surface area contributed by atoms with Crippen LogP contribution >= 0.6 is 0 Å². The molecule has 0 aliphatic heterocycles. The second kappa shape index (κ2) is 7.09. The first-order valence-corrected chi connectivity index (χ1v) is 8.82. The molecule has 0 N–H and O–H groups in total. The van der Waals surface area contributed by atoms with Gasteiger partial charge in [0, 0.05) is 19.3 Å². The maximum atomic E-state index is 13.6. The smallest absolute Gasteiger partial charge is 0.300 e. The van der Waals surface area contributed by atoms with Crippen LogP contribution in [0.2, 0.25) is 0 Å². The van der Waals surface area contributed by atoms with Gasteiger partial charge in [0.1, 0.15) is 5.78 Å². The van der Waals surface area contributed by atoms with Crippen LogP contribution in [0, 0.1) is 17.2 Å². The highest BCUT2D eigenvalue weighted by Crippen LogP contribution is 2.48. The van der Waals surface area contributed by atoms with E-state index in [1.54, 1.807) is 0 Å². The third-order valence-corrected chi connectivity index (χ3v) is 6.20. The minimum atomic E-state index is -6.35. The van der Waals surface area contributed by atoms with E-state index in [4.69, 9.17) is 5.26 Å². The molecular weight excluding hydrogens is 383 g/mol. The highest BCUT2D eigenvalue weighted by molar-refractivity contribution is 7.92. The zero-order valence-corrected chi connectivity index (χ0v) is 13.4. The lowest BCUT2D eigenvalue weighted by Crippen LogP contribution is -2.54. The Labute approximate surface area is 138 Å². The quantitative estimate of drug-likeness (QED) is 0.668. The Bertz CT molecular complexity index is 624. The van der Waals surface area contributed by atoms with E-state index in [0.717, 1.165) is 0 Å². The molecule has 25 heavy (non-hydrogen) atoms. The van der Waals surface area contributed by atoms with Crippen LogP contribution in [0.1, 0.15) is 32.1 Å². The topological polar surface area (TPSA) is 75.0 Å². The van der Waals surface area contributed by atoms with Gasteiger partial charge >= 0.3 is 12.4 Å². The molecule has 4 nitrogen and oxygen atoms in total. The maximum Gasteiger partial charge on any atom is 0.431 e. The SMILES string of the molecule is N#CC(C1CCC(=O)CC1)S(=O)(=O)CCC(F)(C(F)(F)F)C(F)(F)F. The molecule has 1 fully saturated rings. The fraction of sp³-hybridized carbons (Fsp3) is 0.846. The van der Waals surface area contributed by atoms with Gasteiger partial charge in [0.2, 0.25) is 0 Å². The zero-order valence-electron chi connectivity index (χ0n) is 12.6. The van der Waals surface area contributed by atoms with Crippen LogP contribution in [0.4, 0.5) is 30.7 Å². The zero-order chi connectivity index (χ0) is 19.7. The molecule has 1 atom stereocenters. The molecule has 0 heterocycles. The Hall–Kier alpha value is -1.38. The summed E-state index contributed by atoms with van der Waals surface area (Å²) in [6.07, 6.45) is -15.2. The lowest BCUT2D eigenvalue weighted by Gasteiger charge is -2.30. The number of sulfone groups is 1. The Balaban J connectivity index is 2.99. The van der Waals surface area contributed by atoms with E-state index in [1.807, 2.05) is 0 Å². The molecule has 12 heteroatoms. The lowest BCUT2D eigenvalue weighted by atomic mass is 9.86. The summed E-state index contributed by atoms with van der Waals surface area (Å²) in [6, 6.07) is 1.36. The van der Waals surface area contributed by atoms with Crippen molar-refractivity contribution in [1.82, 2.24) is 0 Å². The molecule has 0 aromatic rings. The molecule has 1 aliphatic rings. The molecule has 0 aromatic heterocycles. The van der Waals surface area contributed by atoms with Crippen LogP contribution in [0.25, 0.3) is 0 Å². The maximum absolute atomic E-state index is 13.6. The van der Waals surface area contributed by atoms with Crippen molar-refractivity contribution in [2.75, 3.05) is 5.75 Å². The molecule has 1 rings (SSSR count). The average Bonchev–Trinajstić information content (AvgIpc) is 2.45. The molecule has 0 saturated heterocycles. The molecule has 0 bridgehead atoms. The first-order chi connectivity index (χ1) is 11.2. The van der Waals surface area contributed by atoms with Gasteiger partial charge in [0.05, 0.1) is 11.8 Å². The number of hydrogen-bond donors (Lipinski definition) is 0. The standard InChI is InChI=1S/C13H14F7NO3S/c14-11(12(15,16)17,13(18,19)20)5-6-25(23,24)10(7-21)8-1-3-9(22)4-2-8/h8,10H,1-6H2. The van der Waals surface area contributed by atoms with Gasteiger partial charge in [-0.1, -0.05) is 0 Å². The molecule has 144 valence electrons. The third kappa shape index (κ3) is 4.62. The van der Waals surface area contributed by atoms with Crippen molar-refractivity contribution in [1.29, 1.82) is 5.26 Å². The summed E-state index contributed by atoms with van der Waals surface area (Å²) < 4.78 is 112. The molecule has 1 unspecified atom stereocenters. The summed E-state index contributed by atoms with van der Waals surface area (Å²) in [6.45, 7) is 0. The van der Waals surface area contributed by atoms with E-state index in [-0.39, 0.29) is 31.5 Å². The van der Waals surface area contributed by atoms with E-state index in [1.165, 1.54) is 6.07 Å². The van der Waals surface area contributed by atoms with E-state index in [2.05, 4.69) is 0 Å². The normalized spacial score (nSPS) is 19.5. The summed E-state index contributed by atoms with van der Waals surface area (Å²) in [7, 11) is -4.76. The van der Waals surface area contributed by atoms with Crippen LogP contribution in [-0.2, 0) is 14.6 Å². The van der Waals surface area contributed by atoms with Crippen LogP contribution in [-0.4, -0.2) is 43.2 Å². The van der Waals surface area contributed by atoms with Crippen LogP contribution in [0.3, 0.4) is 0 Å². The number of alkyl halides is 7. The Morgan fingerprint density at radius 3 is 1.84 bits per heavy atom. The summed E-state index contributed by atoms with van der Waals surface area (Å²) in [4.78, 5) is 11.1. The van der Waals surface area contributed by atoms with Crippen molar-refractivity contribution >= 4 is 15.6 Å². The highest BCUT2D eigenvalue weighted by atomic mass is 32.2. The Kier molecular flexibility index (Phi) is 6.14. The number of Topliss-reactive ketones (excluding diaryl/α,β-unsaturated/α-hetero) is 1. The number of hydrogen-bond acceptors (Lipinski definition) is 4. The molecule has 0 spiro atoms. The lowest BCUT2D eigenvalue weighted by molar-refractivity contribution is -0.341. The van der Waals surface area contributed by atoms with E-state index in [0.29, 0.717) is 0 Å². The number of halogens is 7. The monoisotopic (exact) mass is 397 g/mol. The van der Waals surface area contributed by atoms with Gasteiger partial charge < -0.3 is 0 Å².